The van der Waals surface area contributed by atoms with Crippen molar-refractivity contribution in [3.63, 3.8) is 0 Å². The maximum absolute atomic E-state index is 12.9. The van der Waals surface area contributed by atoms with Gasteiger partial charge in [0.05, 0.1) is 12.9 Å². The molecule has 6 heteroatoms. The van der Waals surface area contributed by atoms with Crippen molar-refractivity contribution in [3.8, 4) is 0 Å². The van der Waals surface area contributed by atoms with Crippen LogP contribution in [-0.4, -0.2) is 12.5 Å². The summed E-state index contributed by atoms with van der Waals surface area (Å²) in [5, 5.41) is 0. The van der Waals surface area contributed by atoms with Gasteiger partial charge in [0.15, 0.2) is 11.6 Å². The summed E-state index contributed by atoms with van der Waals surface area (Å²) in [5.74, 6) is -1.86. The highest BCUT2D eigenvalue weighted by Gasteiger charge is 2.09. The maximum atomic E-state index is 12.9. The first-order valence-electron chi connectivity index (χ1n) is 6.06. The monoisotopic (exact) mass is 281 g/mol. The number of benzene rings is 1. The fourth-order valence-electron chi connectivity index (χ4n) is 1.59. The van der Waals surface area contributed by atoms with Gasteiger partial charge >= 0.3 is 0 Å². The van der Waals surface area contributed by atoms with E-state index in [1.807, 2.05) is 6.07 Å². The number of carbonyl (C=O) groups excluding carboxylic acids is 1. The van der Waals surface area contributed by atoms with E-state index in [-0.39, 0.29) is 12.2 Å². The molecule has 0 aliphatic carbocycles. The number of hydrogen-bond donors (Lipinski definition) is 1. The Morgan fingerprint density at radius 3 is 2.80 bits per heavy atom. The van der Waals surface area contributed by atoms with Gasteiger partial charge in [-0.15, -0.1) is 0 Å². The lowest BCUT2D eigenvalue weighted by Crippen LogP contribution is -2.24. The number of hydrogen-bond acceptors (Lipinski definition) is 3. The molecule has 2 rings (SSSR count). The van der Waals surface area contributed by atoms with Gasteiger partial charge in [-0.1, -0.05) is 0 Å². The molecule has 20 heavy (non-hydrogen) atoms. The Kier molecular flexibility index (Phi) is 4.84. The molecule has 1 N–H and O–H groups in total. The van der Waals surface area contributed by atoms with Crippen LogP contribution in [0.25, 0.3) is 0 Å². The molecule has 0 saturated heterocycles. The van der Waals surface area contributed by atoms with Crippen molar-refractivity contribution in [1.29, 1.82) is 0 Å². The van der Waals surface area contributed by atoms with Crippen LogP contribution in [0.15, 0.2) is 41.0 Å². The molecule has 0 saturated carbocycles. The SMILES string of the molecule is O=C(NOCCCc1ccco1)c1ccc(F)c(F)c1. The largest absolute Gasteiger partial charge is 0.469 e. The fraction of sp³-hybridized carbons (Fsp3) is 0.214. The number of aryl methyl sites for hydroxylation is 1. The summed E-state index contributed by atoms with van der Waals surface area (Å²) in [6.07, 6.45) is 2.93. The number of halogens is 2. The zero-order valence-corrected chi connectivity index (χ0v) is 10.6. The second kappa shape index (κ2) is 6.81. The van der Waals surface area contributed by atoms with E-state index >= 15 is 0 Å². The van der Waals surface area contributed by atoms with Crippen molar-refractivity contribution in [2.24, 2.45) is 0 Å². The number of amides is 1. The molecule has 0 spiro atoms. The third-order valence-corrected chi connectivity index (χ3v) is 2.60. The third-order valence-electron chi connectivity index (χ3n) is 2.60. The normalized spacial score (nSPS) is 10.5. The van der Waals surface area contributed by atoms with Crippen molar-refractivity contribution >= 4 is 5.91 Å². The Morgan fingerprint density at radius 1 is 1.25 bits per heavy atom. The minimum atomic E-state index is -1.07. The number of furan rings is 1. The lowest BCUT2D eigenvalue weighted by molar-refractivity contribution is 0.0301. The maximum Gasteiger partial charge on any atom is 0.274 e. The van der Waals surface area contributed by atoms with E-state index in [4.69, 9.17) is 9.25 Å². The molecular formula is C14H13F2NO3. The van der Waals surface area contributed by atoms with Gasteiger partial charge in [-0.25, -0.2) is 14.3 Å². The molecule has 4 nitrogen and oxygen atoms in total. The minimum Gasteiger partial charge on any atom is -0.469 e. The Morgan fingerprint density at radius 2 is 2.10 bits per heavy atom. The van der Waals surface area contributed by atoms with Gasteiger partial charge in [0.2, 0.25) is 0 Å². The van der Waals surface area contributed by atoms with Crippen LogP contribution < -0.4 is 5.48 Å². The van der Waals surface area contributed by atoms with E-state index < -0.39 is 17.5 Å². The zero-order chi connectivity index (χ0) is 14.4. The molecule has 0 aliphatic heterocycles. The van der Waals surface area contributed by atoms with Crippen molar-refractivity contribution in [2.75, 3.05) is 6.61 Å². The summed E-state index contributed by atoms with van der Waals surface area (Å²) in [7, 11) is 0. The number of carbonyl (C=O) groups is 1. The van der Waals surface area contributed by atoms with Gasteiger partial charge in [-0.05, 0) is 36.8 Å². The topological polar surface area (TPSA) is 51.5 Å². The average Bonchev–Trinajstić information content (AvgIpc) is 2.94. The first-order valence-corrected chi connectivity index (χ1v) is 6.06. The van der Waals surface area contributed by atoms with Gasteiger partial charge in [0.25, 0.3) is 5.91 Å². The molecule has 0 unspecified atom stereocenters. The lowest BCUT2D eigenvalue weighted by Gasteiger charge is -2.05. The Labute approximate surface area is 114 Å². The Bertz CT molecular complexity index is 570. The van der Waals surface area contributed by atoms with Crippen LogP contribution in [0, 0.1) is 11.6 Å². The molecule has 1 aromatic heterocycles. The van der Waals surface area contributed by atoms with E-state index in [1.54, 1.807) is 12.3 Å². The van der Waals surface area contributed by atoms with E-state index in [0.717, 1.165) is 17.9 Å². The highest BCUT2D eigenvalue weighted by atomic mass is 19.2. The van der Waals surface area contributed by atoms with Gasteiger partial charge in [-0.2, -0.15) is 0 Å². The molecule has 0 bridgehead atoms. The van der Waals surface area contributed by atoms with Crippen molar-refractivity contribution in [3.05, 3.63) is 59.6 Å². The summed E-state index contributed by atoms with van der Waals surface area (Å²) in [6, 6.07) is 6.53. The predicted molar refractivity (Wildman–Crippen MR) is 66.8 cm³/mol. The highest BCUT2D eigenvalue weighted by Crippen LogP contribution is 2.08. The number of hydroxylamine groups is 1. The van der Waals surface area contributed by atoms with Gasteiger partial charge in [-0.3, -0.25) is 9.63 Å². The van der Waals surface area contributed by atoms with E-state index in [9.17, 15) is 13.6 Å². The van der Waals surface area contributed by atoms with E-state index in [0.29, 0.717) is 12.8 Å². The van der Waals surface area contributed by atoms with Crippen LogP contribution in [0.5, 0.6) is 0 Å². The lowest BCUT2D eigenvalue weighted by atomic mass is 10.2. The molecule has 0 fully saturated rings. The number of nitrogens with one attached hydrogen (secondary N) is 1. The van der Waals surface area contributed by atoms with Crippen LogP contribution in [0.4, 0.5) is 8.78 Å². The van der Waals surface area contributed by atoms with Gasteiger partial charge < -0.3 is 4.42 Å². The summed E-state index contributed by atoms with van der Waals surface area (Å²) in [5.41, 5.74) is 2.16. The second-order valence-corrected chi connectivity index (χ2v) is 4.09. The highest BCUT2D eigenvalue weighted by molar-refractivity contribution is 5.93. The standard InChI is InChI=1S/C14H13F2NO3/c15-12-6-5-10(9-13(12)16)14(18)17-20-8-2-4-11-3-1-7-19-11/h1,3,5-7,9H,2,4,8H2,(H,17,18). The summed E-state index contributed by atoms with van der Waals surface area (Å²) in [6.45, 7) is 0.288. The molecule has 1 heterocycles. The Balaban J connectivity index is 1.70. The molecule has 106 valence electrons. The minimum absolute atomic E-state index is 0.00469. The molecule has 0 atom stereocenters. The molecule has 0 aliphatic rings. The average molecular weight is 281 g/mol. The summed E-state index contributed by atoms with van der Waals surface area (Å²) < 4.78 is 30.8. The third kappa shape index (κ3) is 3.89. The fourth-order valence-corrected chi connectivity index (χ4v) is 1.59. The van der Waals surface area contributed by atoms with Crippen LogP contribution in [-0.2, 0) is 11.3 Å². The van der Waals surface area contributed by atoms with E-state index in [2.05, 4.69) is 5.48 Å². The van der Waals surface area contributed by atoms with Crippen LogP contribution in [0.1, 0.15) is 22.5 Å². The van der Waals surface area contributed by atoms with Gasteiger partial charge in [0.1, 0.15) is 5.76 Å². The van der Waals surface area contributed by atoms with E-state index in [1.165, 1.54) is 6.07 Å². The smallest absolute Gasteiger partial charge is 0.274 e. The van der Waals surface area contributed by atoms with Crippen LogP contribution in [0.2, 0.25) is 0 Å². The first-order chi connectivity index (χ1) is 9.66. The molecular weight excluding hydrogens is 268 g/mol. The summed E-state index contributed by atoms with van der Waals surface area (Å²) >= 11 is 0. The molecule has 1 aromatic carbocycles. The second-order valence-electron chi connectivity index (χ2n) is 4.09. The molecule has 0 radical (unpaired) electrons. The van der Waals surface area contributed by atoms with Gasteiger partial charge in [0, 0.05) is 12.0 Å². The molecule has 1 amide bonds. The quantitative estimate of drug-likeness (QED) is 0.654. The summed E-state index contributed by atoms with van der Waals surface area (Å²) in [4.78, 5) is 16.5. The van der Waals surface area contributed by atoms with Crippen LogP contribution in [0.3, 0.4) is 0 Å². The predicted octanol–water partition coefficient (Wildman–Crippen LogP) is 2.85. The van der Waals surface area contributed by atoms with Crippen molar-refractivity contribution in [2.45, 2.75) is 12.8 Å². The number of rotatable bonds is 6. The van der Waals surface area contributed by atoms with Crippen molar-refractivity contribution < 1.29 is 22.8 Å². The molecule has 2 aromatic rings. The zero-order valence-electron chi connectivity index (χ0n) is 10.6. The van der Waals surface area contributed by atoms with Crippen LogP contribution >= 0.6 is 0 Å². The van der Waals surface area contributed by atoms with Crippen molar-refractivity contribution in [1.82, 2.24) is 5.48 Å². The first kappa shape index (κ1) is 14.2. The Hall–Kier alpha value is -2.21.